The van der Waals surface area contributed by atoms with Gasteiger partial charge in [-0.25, -0.2) is 4.39 Å². The molecule has 0 fully saturated rings. The summed E-state index contributed by atoms with van der Waals surface area (Å²) in [6.45, 7) is 1.26. The molecule has 0 aliphatic heterocycles. The van der Waals surface area contributed by atoms with Gasteiger partial charge in [-0.05, 0) is 37.9 Å². The number of likely N-dealkylation sites (N-methyl/N-ethyl adjacent to an activating group) is 1. The lowest BCUT2D eigenvalue weighted by Crippen LogP contribution is -2.31. The molecule has 0 spiro atoms. The van der Waals surface area contributed by atoms with Crippen LogP contribution in [-0.4, -0.2) is 25.5 Å². The molecule has 2 aromatic carbocycles. The summed E-state index contributed by atoms with van der Waals surface area (Å²) in [5.41, 5.74) is 1.87. The molecule has 0 aromatic heterocycles. The first-order chi connectivity index (χ1) is 10.1. The number of benzene rings is 2. The van der Waals surface area contributed by atoms with Gasteiger partial charge in [0, 0.05) is 29.7 Å². The van der Waals surface area contributed by atoms with Crippen molar-refractivity contribution < 1.29 is 4.39 Å². The normalized spacial score (nSPS) is 12.6. The predicted molar refractivity (Wildman–Crippen MR) is 86.0 cm³/mol. The second-order valence-corrected chi connectivity index (χ2v) is 5.69. The van der Waals surface area contributed by atoms with Crippen molar-refractivity contribution in [3.63, 3.8) is 0 Å². The fraction of sp³-hybridized carbons (Fsp3) is 0.294. The lowest BCUT2D eigenvalue weighted by Gasteiger charge is -2.25. The smallest absolute Gasteiger partial charge is 0.127 e. The molecule has 21 heavy (non-hydrogen) atoms. The van der Waals surface area contributed by atoms with Gasteiger partial charge in [-0.15, -0.1) is 0 Å². The number of nitrogens with zero attached hydrogens (tertiary/aromatic N) is 1. The molecule has 2 aromatic rings. The van der Waals surface area contributed by atoms with Crippen LogP contribution in [0, 0.1) is 5.82 Å². The summed E-state index contributed by atoms with van der Waals surface area (Å²) in [7, 11) is 4.06. The van der Waals surface area contributed by atoms with E-state index in [4.69, 9.17) is 11.6 Å². The van der Waals surface area contributed by atoms with E-state index in [2.05, 4.69) is 10.2 Å². The Morgan fingerprint density at radius 3 is 2.38 bits per heavy atom. The van der Waals surface area contributed by atoms with Crippen LogP contribution in [0.4, 0.5) is 4.39 Å². The van der Waals surface area contributed by atoms with Gasteiger partial charge in [-0.1, -0.05) is 41.9 Å². The molecule has 0 aliphatic carbocycles. The topological polar surface area (TPSA) is 15.3 Å². The Kier molecular flexibility index (Phi) is 5.74. The molecular formula is C17H20ClFN2. The number of rotatable bonds is 6. The number of nitrogens with one attached hydrogen (secondary N) is 1. The third kappa shape index (κ3) is 4.53. The first kappa shape index (κ1) is 16.0. The van der Waals surface area contributed by atoms with Crippen molar-refractivity contribution in [2.75, 3.05) is 20.6 Å². The van der Waals surface area contributed by atoms with Crippen molar-refractivity contribution in [2.24, 2.45) is 0 Å². The van der Waals surface area contributed by atoms with E-state index in [1.807, 2.05) is 44.4 Å². The molecule has 1 N–H and O–H groups in total. The Bertz CT molecular complexity index is 569. The van der Waals surface area contributed by atoms with Crippen molar-refractivity contribution >= 4 is 11.6 Å². The lowest BCUT2D eigenvalue weighted by molar-refractivity contribution is 0.288. The third-order valence-electron chi connectivity index (χ3n) is 3.49. The fourth-order valence-corrected chi connectivity index (χ4v) is 2.39. The average Bonchev–Trinajstić information content (AvgIpc) is 2.46. The zero-order valence-corrected chi connectivity index (χ0v) is 13.1. The van der Waals surface area contributed by atoms with Crippen LogP contribution in [-0.2, 0) is 6.54 Å². The maximum Gasteiger partial charge on any atom is 0.127 e. The highest BCUT2D eigenvalue weighted by Gasteiger charge is 2.13. The highest BCUT2D eigenvalue weighted by Crippen LogP contribution is 2.20. The van der Waals surface area contributed by atoms with Crippen LogP contribution in [0.5, 0.6) is 0 Å². The van der Waals surface area contributed by atoms with Gasteiger partial charge in [0.2, 0.25) is 0 Å². The van der Waals surface area contributed by atoms with E-state index in [0.29, 0.717) is 12.1 Å². The van der Waals surface area contributed by atoms with E-state index in [1.165, 1.54) is 11.6 Å². The molecule has 0 bridgehead atoms. The monoisotopic (exact) mass is 306 g/mol. The van der Waals surface area contributed by atoms with E-state index >= 15 is 0 Å². The van der Waals surface area contributed by atoms with Crippen molar-refractivity contribution in [1.29, 1.82) is 0 Å². The fourth-order valence-electron chi connectivity index (χ4n) is 2.27. The summed E-state index contributed by atoms with van der Waals surface area (Å²) in [6, 6.07) is 14.9. The molecule has 0 heterocycles. The van der Waals surface area contributed by atoms with Gasteiger partial charge in [0.05, 0.1) is 0 Å². The van der Waals surface area contributed by atoms with Crippen LogP contribution < -0.4 is 5.32 Å². The molecule has 0 saturated carbocycles. The molecular weight excluding hydrogens is 287 g/mol. The van der Waals surface area contributed by atoms with Crippen molar-refractivity contribution in [3.8, 4) is 0 Å². The van der Waals surface area contributed by atoms with Gasteiger partial charge in [0.15, 0.2) is 0 Å². The van der Waals surface area contributed by atoms with Crippen LogP contribution >= 0.6 is 11.6 Å². The van der Waals surface area contributed by atoms with Crippen LogP contribution in [0.1, 0.15) is 17.2 Å². The van der Waals surface area contributed by atoms with E-state index < -0.39 is 0 Å². The Morgan fingerprint density at radius 1 is 1.10 bits per heavy atom. The zero-order chi connectivity index (χ0) is 15.2. The van der Waals surface area contributed by atoms with Gasteiger partial charge < -0.3 is 10.2 Å². The standard InChI is InChI=1S/C17H20ClFN2/c1-21(2)17(13-7-9-15(18)10-8-13)12-20-11-14-5-3-4-6-16(14)19/h3-10,17,20H,11-12H2,1-2H3. The second-order valence-electron chi connectivity index (χ2n) is 5.25. The average molecular weight is 307 g/mol. The van der Waals surface area contributed by atoms with E-state index in [9.17, 15) is 4.39 Å². The largest absolute Gasteiger partial charge is 0.311 e. The Labute approximate surface area is 130 Å². The third-order valence-corrected chi connectivity index (χ3v) is 3.74. The SMILES string of the molecule is CN(C)C(CNCc1ccccc1F)c1ccc(Cl)cc1. The van der Waals surface area contributed by atoms with E-state index in [1.54, 1.807) is 12.1 Å². The minimum Gasteiger partial charge on any atom is -0.311 e. The maximum atomic E-state index is 13.6. The number of hydrogen-bond donors (Lipinski definition) is 1. The van der Waals surface area contributed by atoms with Gasteiger partial charge >= 0.3 is 0 Å². The molecule has 2 rings (SSSR count). The van der Waals surface area contributed by atoms with E-state index in [0.717, 1.165) is 11.6 Å². The Morgan fingerprint density at radius 2 is 1.76 bits per heavy atom. The maximum absolute atomic E-state index is 13.6. The number of hydrogen-bond acceptors (Lipinski definition) is 2. The van der Waals surface area contributed by atoms with Crippen LogP contribution in [0.25, 0.3) is 0 Å². The highest BCUT2D eigenvalue weighted by molar-refractivity contribution is 6.30. The molecule has 0 saturated heterocycles. The Balaban J connectivity index is 1.98. The quantitative estimate of drug-likeness (QED) is 0.871. The molecule has 2 nitrogen and oxygen atoms in total. The van der Waals surface area contributed by atoms with E-state index in [-0.39, 0.29) is 11.9 Å². The summed E-state index contributed by atoms with van der Waals surface area (Å²) in [6.07, 6.45) is 0. The molecule has 1 unspecified atom stereocenters. The molecule has 4 heteroatoms. The molecule has 0 amide bonds. The van der Waals surface area contributed by atoms with Gasteiger partial charge in [0.1, 0.15) is 5.82 Å². The molecule has 0 radical (unpaired) electrons. The molecule has 112 valence electrons. The minimum atomic E-state index is -0.169. The predicted octanol–water partition coefficient (Wildman–Crippen LogP) is 3.87. The van der Waals surface area contributed by atoms with Gasteiger partial charge in [-0.2, -0.15) is 0 Å². The van der Waals surface area contributed by atoms with Crippen LogP contribution in [0.3, 0.4) is 0 Å². The summed E-state index contributed by atoms with van der Waals surface area (Å²) >= 11 is 5.93. The first-order valence-corrected chi connectivity index (χ1v) is 7.31. The Hall–Kier alpha value is -1.42. The van der Waals surface area contributed by atoms with Crippen molar-refractivity contribution in [1.82, 2.24) is 10.2 Å². The second kappa shape index (κ2) is 7.55. The first-order valence-electron chi connectivity index (χ1n) is 6.94. The highest BCUT2D eigenvalue weighted by atomic mass is 35.5. The summed E-state index contributed by atoms with van der Waals surface area (Å²) in [4.78, 5) is 2.14. The minimum absolute atomic E-state index is 0.169. The zero-order valence-electron chi connectivity index (χ0n) is 12.3. The summed E-state index contributed by atoms with van der Waals surface area (Å²) < 4.78 is 13.6. The van der Waals surface area contributed by atoms with Gasteiger partial charge in [-0.3, -0.25) is 0 Å². The van der Waals surface area contributed by atoms with Crippen LogP contribution in [0.2, 0.25) is 5.02 Å². The summed E-state index contributed by atoms with van der Waals surface area (Å²) in [5.74, 6) is -0.169. The molecule has 1 atom stereocenters. The van der Waals surface area contributed by atoms with Gasteiger partial charge in [0.25, 0.3) is 0 Å². The number of halogens is 2. The lowest BCUT2D eigenvalue weighted by atomic mass is 10.1. The van der Waals surface area contributed by atoms with Crippen molar-refractivity contribution in [2.45, 2.75) is 12.6 Å². The van der Waals surface area contributed by atoms with Crippen molar-refractivity contribution in [3.05, 3.63) is 70.5 Å². The molecule has 0 aliphatic rings. The van der Waals surface area contributed by atoms with Crippen LogP contribution in [0.15, 0.2) is 48.5 Å². The summed E-state index contributed by atoms with van der Waals surface area (Å²) in [5, 5.41) is 4.05.